The van der Waals surface area contributed by atoms with Gasteiger partial charge in [-0.2, -0.15) is 0 Å². The zero-order valence-corrected chi connectivity index (χ0v) is 13.1. The summed E-state index contributed by atoms with van der Waals surface area (Å²) in [6.45, 7) is 4.61. The Morgan fingerprint density at radius 1 is 1.45 bits per heavy atom. The summed E-state index contributed by atoms with van der Waals surface area (Å²) in [5.41, 5.74) is -0.212. The number of amides is 1. The molecule has 6 nitrogen and oxygen atoms in total. The highest BCUT2D eigenvalue weighted by Crippen LogP contribution is 2.47. The molecule has 1 aromatic rings. The lowest BCUT2D eigenvalue weighted by Crippen LogP contribution is -2.43. The Hall–Kier alpha value is -1.40. The maximum Gasteiger partial charge on any atom is 0.228 e. The number of carbonyl (C=O) groups is 1. The lowest BCUT2D eigenvalue weighted by Gasteiger charge is -2.31. The van der Waals surface area contributed by atoms with E-state index in [9.17, 15) is 9.90 Å². The first-order valence-electron chi connectivity index (χ1n) is 8.29. The average molecular weight is 306 g/mol. The van der Waals surface area contributed by atoms with Crippen molar-refractivity contribution in [1.29, 1.82) is 0 Å². The largest absolute Gasteiger partial charge is 0.396 e. The molecule has 1 atom stereocenters. The number of hydrogen-bond donors (Lipinski definition) is 2. The third-order valence-corrected chi connectivity index (χ3v) is 4.95. The van der Waals surface area contributed by atoms with Crippen LogP contribution >= 0.6 is 0 Å². The Kier molecular flexibility index (Phi) is 4.78. The molecular weight excluding hydrogens is 280 g/mol. The second-order valence-corrected chi connectivity index (χ2v) is 6.76. The summed E-state index contributed by atoms with van der Waals surface area (Å²) >= 11 is 0. The monoisotopic (exact) mass is 306 g/mol. The fourth-order valence-corrected chi connectivity index (χ4v) is 3.36. The minimum absolute atomic E-state index is 0.178. The van der Waals surface area contributed by atoms with E-state index in [0.717, 1.165) is 51.9 Å². The SMILES string of the molecule is O=C(NCCN1CCC[C@H](CO)C1)C1(Cn2ccnc2)CC1. The Balaban J connectivity index is 1.41. The average Bonchev–Trinajstić information content (AvgIpc) is 3.14. The topological polar surface area (TPSA) is 70.4 Å². The van der Waals surface area contributed by atoms with Crippen LogP contribution in [0.5, 0.6) is 0 Å². The highest BCUT2D eigenvalue weighted by atomic mass is 16.3. The van der Waals surface area contributed by atoms with Gasteiger partial charge in [0.2, 0.25) is 5.91 Å². The van der Waals surface area contributed by atoms with Gasteiger partial charge in [0, 0.05) is 45.2 Å². The minimum Gasteiger partial charge on any atom is -0.396 e. The number of nitrogens with zero attached hydrogens (tertiary/aromatic N) is 3. The first-order chi connectivity index (χ1) is 10.7. The van der Waals surface area contributed by atoms with E-state index in [1.165, 1.54) is 0 Å². The molecule has 2 N–H and O–H groups in total. The second kappa shape index (κ2) is 6.79. The van der Waals surface area contributed by atoms with E-state index in [-0.39, 0.29) is 17.9 Å². The summed E-state index contributed by atoms with van der Waals surface area (Å²) in [7, 11) is 0. The molecule has 1 saturated heterocycles. The number of aliphatic hydroxyl groups is 1. The van der Waals surface area contributed by atoms with Gasteiger partial charge in [-0.1, -0.05) is 0 Å². The predicted octanol–water partition coefficient (Wildman–Crippen LogP) is 0.484. The van der Waals surface area contributed by atoms with Crippen LogP contribution in [0.2, 0.25) is 0 Å². The summed E-state index contributed by atoms with van der Waals surface area (Å²) < 4.78 is 1.99. The van der Waals surface area contributed by atoms with Gasteiger partial charge in [-0.3, -0.25) is 4.79 Å². The molecule has 1 amide bonds. The quantitative estimate of drug-likeness (QED) is 0.769. The van der Waals surface area contributed by atoms with E-state index in [4.69, 9.17) is 0 Å². The van der Waals surface area contributed by atoms with E-state index in [1.54, 1.807) is 12.5 Å². The van der Waals surface area contributed by atoms with Gasteiger partial charge in [0.15, 0.2) is 0 Å². The molecule has 2 aliphatic rings. The highest BCUT2D eigenvalue weighted by Gasteiger charge is 2.49. The summed E-state index contributed by atoms with van der Waals surface area (Å²) in [5.74, 6) is 0.581. The highest BCUT2D eigenvalue weighted by molar-refractivity contribution is 5.85. The summed E-state index contributed by atoms with van der Waals surface area (Å²) in [6.07, 6.45) is 9.63. The van der Waals surface area contributed by atoms with Crippen LogP contribution in [0.15, 0.2) is 18.7 Å². The number of rotatable bonds is 7. The Bertz CT molecular complexity index is 484. The van der Waals surface area contributed by atoms with E-state index in [1.807, 2.05) is 10.8 Å². The predicted molar refractivity (Wildman–Crippen MR) is 83.2 cm³/mol. The van der Waals surface area contributed by atoms with Crippen LogP contribution in [-0.4, -0.2) is 58.3 Å². The van der Waals surface area contributed by atoms with Crippen molar-refractivity contribution in [2.45, 2.75) is 32.2 Å². The van der Waals surface area contributed by atoms with E-state index < -0.39 is 0 Å². The Morgan fingerprint density at radius 3 is 3.00 bits per heavy atom. The normalized spacial score (nSPS) is 24.1. The van der Waals surface area contributed by atoms with Crippen LogP contribution < -0.4 is 5.32 Å². The minimum atomic E-state index is -0.212. The Morgan fingerprint density at radius 2 is 2.32 bits per heavy atom. The van der Waals surface area contributed by atoms with Crippen molar-refractivity contribution in [3.05, 3.63) is 18.7 Å². The van der Waals surface area contributed by atoms with Crippen LogP contribution in [0.4, 0.5) is 0 Å². The van der Waals surface area contributed by atoms with E-state index in [2.05, 4.69) is 15.2 Å². The van der Waals surface area contributed by atoms with Crippen molar-refractivity contribution in [2.24, 2.45) is 11.3 Å². The molecule has 2 heterocycles. The maximum atomic E-state index is 12.4. The molecule has 0 aromatic carbocycles. The van der Waals surface area contributed by atoms with Crippen molar-refractivity contribution in [3.63, 3.8) is 0 Å². The molecule has 0 bridgehead atoms. The number of carbonyl (C=O) groups excluding carboxylic acids is 1. The van der Waals surface area contributed by atoms with Gasteiger partial charge in [-0.15, -0.1) is 0 Å². The molecule has 3 rings (SSSR count). The maximum absolute atomic E-state index is 12.4. The third-order valence-electron chi connectivity index (χ3n) is 4.95. The molecule has 6 heteroatoms. The van der Waals surface area contributed by atoms with Crippen molar-refractivity contribution >= 4 is 5.91 Å². The van der Waals surface area contributed by atoms with Crippen LogP contribution in [0.25, 0.3) is 0 Å². The first kappa shape index (κ1) is 15.5. The fourth-order valence-electron chi connectivity index (χ4n) is 3.36. The Labute approximate surface area is 131 Å². The van der Waals surface area contributed by atoms with Crippen molar-refractivity contribution in [3.8, 4) is 0 Å². The molecule has 1 aliphatic carbocycles. The van der Waals surface area contributed by atoms with Crippen LogP contribution in [0, 0.1) is 11.3 Å². The smallest absolute Gasteiger partial charge is 0.228 e. The number of nitrogens with one attached hydrogen (secondary N) is 1. The van der Waals surface area contributed by atoms with Crippen LogP contribution in [-0.2, 0) is 11.3 Å². The first-order valence-corrected chi connectivity index (χ1v) is 8.29. The molecule has 1 aliphatic heterocycles. The van der Waals surface area contributed by atoms with Gasteiger partial charge in [0.1, 0.15) is 0 Å². The molecule has 0 unspecified atom stereocenters. The molecule has 122 valence electrons. The molecular formula is C16H26N4O2. The number of imidazole rings is 1. The summed E-state index contributed by atoms with van der Waals surface area (Å²) in [5, 5.41) is 12.4. The number of aromatic nitrogens is 2. The van der Waals surface area contributed by atoms with Crippen LogP contribution in [0.1, 0.15) is 25.7 Å². The number of likely N-dealkylation sites (tertiary alicyclic amines) is 1. The zero-order chi connectivity index (χ0) is 15.4. The van der Waals surface area contributed by atoms with Gasteiger partial charge < -0.3 is 19.9 Å². The summed E-state index contributed by atoms with van der Waals surface area (Å²) in [4.78, 5) is 18.8. The van der Waals surface area contributed by atoms with Gasteiger partial charge in [-0.25, -0.2) is 4.98 Å². The van der Waals surface area contributed by atoms with Gasteiger partial charge in [-0.05, 0) is 38.1 Å². The standard InChI is InChI=1S/C16H26N4O2/c21-11-14-2-1-7-19(10-14)9-6-18-15(22)16(3-4-16)12-20-8-5-17-13-20/h5,8,13-14,21H,1-4,6-7,9-12H2,(H,18,22)/t14-/m0/s1. The molecule has 2 fully saturated rings. The van der Waals surface area contributed by atoms with Crippen molar-refractivity contribution in [1.82, 2.24) is 19.8 Å². The van der Waals surface area contributed by atoms with Crippen LogP contribution in [0.3, 0.4) is 0 Å². The van der Waals surface area contributed by atoms with E-state index in [0.29, 0.717) is 12.5 Å². The number of hydrogen-bond acceptors (Lipinski definition) is 4. The fraction of sp³-hybridized carbons (Fsp3) is 0.750. The van der Waals surface area contributed by atoms with E-state index >= 15 is 0 Å². The van der Waals surface area contributed by atoms with Gasteiger partial charge >= 0.3 is 0 Å². The molecule has 0 spiro atoms. The van der Waals surface area contributed by atoms with Gasteiger partial charge in [0.25, 0.3) is 0 Å². The molecule has 0 radical (unpaired) electrons. The number of piperidine rings is 1. The number of aliphatic hydroxyl groups excluding tert-OH is 1. The van der Waals surface area contributed by atoms with Gasteiger partial charge in [0.05, 0.1) is 11.7 Å². The molecule has 1 aromatic heterocycles. The molecule has 1 saturated carbocycles. The van der Waals surface area contributed by atoms with Crippen molar-refractivity contribution < 1.29 is 9.90 Å². The lowest BCUT2D eigenvalue weighted by atomic mass is 9.99. The third kappa shape index (κ3) is 3.67. The lowest BCUT2D eigenvalue weighted by molar-refractivity contribution is -0.126. The molecule has 22 heavy (non-hydrogen) atoms. The summed E-state index contributed by atoms with van der Waals surface area (Å²) in [6, 6.07) is 0. The van der Waals surface area contributed by atoms with Crippen molar-refractivity contribution in [2.75, 3.05) is 32.8 Å². The zero-order valence-electron chi connectivity index (χ0n) is 13.1. The second-order valence-electron chi connectivity index (χ2n) is 6.76.